The van der Waals surface area contributed by atoms with Crippen molar-refractivity contribution in [1.29, 1.82) is 0 Å². The van der Waals surface area contributed by atoms with Crippen molar-refractivity contribution in [3.63, 3.8) is 0 Å². The van der Waals surface area contributed by atoms with Crippen molar-refractivity contribution >= 4 is 11.9 Å². The average Bonchev–Trinajstić information content (AvgIpc) is 2.60. The number of amides is 1. The van der Waals surface area contributed by atoms with E-state index in [0.717, 1.165) is 25.7 Å². The summed E-state index contributed by atoms with van der Waals surface area (Å²) in [4.78, 5) is 23.2. The molecule has 0 aromatic rings. The van der Waals surface area contributed by atoms with Crippen molar-refractivity contribution in [3.8, 4) is 0 Å². The molecule has 0 fully saturated rings. The first kappa shape index (κ1) is 23.9. The number of hydrogen-bond acceptors (Lipinski definition) is 3. The number of carboxylic acids is 1. The zero-order valence-electron chi connectivity index (χ0n) is 16.2. The third-order valence-electron chi connectivity index (χ3n) is 4.67. The van der Waals surface area contributed by atoms with Crippen LogP contribution < -0.4 is 0 Å². The number of aliphatic hydroxyl groups excluding tert-OH is 1. The van der Waals surface area contributed by atoms with E-state index in [1.165, 1.54) is 69.1 Å². The van der Waals surface area contributed by atoms with Gasteiger partial charge in [0.25, 0.3) is 0 Å². The Morgan fingerprint density at radius 3 is 1.28 bits per heavy atom. The Balaban J connectivity index is 3.12. The highest BCUT2D eigenvalue weighted by Crippen LogP contribution is 2.13. The summed E-state index contributed by atoms with van der Waals surface area (Å²) < 4.78 is 0. The van der Waals surface area contributed by atoms with Crippen LogP contribution in [0.15, 0.2) is 0 Å². The summed E-state index contributed by atoms with van der Waals surface area (Å²) in [6, 6.07) is 0. The van der Waals surface area contributed by atoms with Crippen molar-refractivity contribution in [2.75, 3.05) is 13.8 Å². The topological polar surface area (TPSA) is 77.8 Å². The van der Waals surface area contributed by atoms with E-state index in [4.69, 9.17) is 10.2 Å². The number of hydrogen-bond donors (Lipinski definition) is 2. The van der Waals surface area contributed by atoms with E-state index in [9.17, 15) is 9.59 Å². The van der Waals surface area contributed by atoms with Gasteiger partial charge >= 0.3 is 5.97 Å². The van der Waals surface area contributed by atoms with Gasteiger partial charge in [-0.2, -0.15) is 0 Å². The first-order valence-corrected chi connectivity index (χ1v) is 10.1. The minimum Gasteiger partial charge on any atom is -0.481 e. The van der Waals surface area contributed by atoms with E-state index < -0.39 is 5.97 Å². The summed E-state index contributed by atoms with van der Waals surface area (Å²) in [6.07, 6.45) is 17.5. The average molecular weight is 358 g/mol. The van der Waals surface area contributed by atoms with Crippen LogP contribution in [0.2, 0.25) is 0 Å². The molecule has 0 saturated heterocycles. The summed E-state index contributed by atoms with van der Waals surface area (Å²) in [5, 5.41) is 17.4. The number of unbranched alkanes of at least 4 members (excludes halogenated alkanes) is 13. The molecule has 1 amide bonds. The van der Waals surface area contributed by atoms with Gasteiger partial charge in [0.1, 0.15) is 6.73 Å². The number of rotatable bonds is 18. The second kappa shape index (κ2) is 17.7. The number of nitrogens with zero attached hydrogens (tertiary/aromatic N) is 1. The van der Waals surface area contributed by atoms with Crippen molar-refractivity contribution in [3.05, 3.63) is 0 Å². The third kappa shape index (κ3) is 17.5. The first-order valence-electron chi connectivity index (χ1n) is 10.1. The Morgan fingerprint density at radius 2 is 0.960 bits per heavy atom. The lowest BCUT2D eigenvalue weighted by Crippen LogP contribution is -2.27. The molecule has 0 aromatic carbocycles. The van der Waals surface area contributed by atoms with Gasteiger partial charge in [-0.3, -0.25) is 9.59 Å². The van der Waals surface area contributed by atoms with Crippen LogP contribution in [0.1, 0.15) is 103 Å². The second-order valence-electron chi connectivity index (χ2n) is 7.08. The van der Waals surface area contributed by atoms with E-state index in [0.29, 0.717) is 12.8 Å². The zero-order chi connectivity index (χ0) is 18.8. The number of aliphatic hydroxyl groups is 1. The highest BCUT2D eigenvalue weighted by atomic mass is 16.4. The number of carboxylic acid groups (broad SMARTS) is 1. The number of carbonyl (C=O) groups is 2. The predicted molar refractivity (Wildman–Crippen MR) is 101 cm³/mol. The van der Waals surface area contributed by atoms with Gasteiger partial charge in [0.15, 0.2) is 0 Å². The lowest BCUT2D eigenvalue weighted by molar-refractivity contribution is -0.137. The molecular formula is C20H39NO4. The van der Waals surface area contributed by atoms with E-state index in [-0.39, 0.29) is 12.6 Å². The Bertz CT molecular complexity index is 334. The molecule has 0 aromatic heterocycles. The molecule has 0 saturated carbocycles. The molecular weight excluding hydrogens is 318 g/mol. The van der Waals surface area contributed by atoms with Gasteiger partial charge < -0.3 is 15.1 Å². The van der Waals surface area contributed by atoms with Crippen molar-refractivity contribution in [1.82, 2.24) is 4.90 Å². The van der Waals surface area contributed by atoms with Gasteiger partial charge in [-0.05, 0) is 12.8 Å². The fourth-order valence-corrected chi connectivity index (χ4v) is 2.94. The highest BCUT2D eigenvalue weighted by molar-refractivity contribution is 5.75. The Hall–Kier alpha value is -1.10. The number of aliphatic carboxylic acids is 1. The molecule has 0 rings (SSSR count). The van der Waals surface area contributed by atoms with Gasteiger partial charge in [-0.15, -0.1) is 0 Å². The van der Waals surface area contributed by atoms with Crippen LogP contribution in [0, 0.1) is 0 Å². The molecule has 0 aliphatic rings. The van der Waals surface area contributed by atoms with E-state index in [1.54, 1.807) is 7.05 Å². The standard InChI is InChI=1S/C20H39NO4/c1-21(18-22)19(23)16-14-12-10-8-6-4-2-3-5-7-9-11-13-15-17-20(24)25/h22H,2-18H2,1H3,(H,24,25). The second-order valence-corrected chi connectivity index (χ2v) is 7.08. The van der Waals surface area contributed by atoms with Crippen molar-refractivity contribution < 1.29 is 19.8 Å². The summed E-state index contributed by atoms with van der Waals surface area (Å²) in [5.74, 6) is -0.646. The molecule has 2 N–H and O–H groups in total. The van der Waals surface area contributed by atoms with E-state index in [1.807, 2.05) is 0 Å². The van der Waals surface area contributed by atoms with Crippen LogP contribution >= 0.6 is 0 Å². The maximum atomic E-state index is 11.5. The molecule has 0 aliphatic heterocycles. The van der Waals surface area contributed by atoms with Gasteiger partial charge in [0, 0.05) is 19.9 Å². The summed E-state index contributed by atoms with van der Waals surface area (Å²) >= 11 is 0. The Morgan fingerprint density at radius 1 is 0.640 bits per heavy atom. The lowest BCUT2D eigenvalue weighted by Gasteiger charge is -2.12. The van der Waals surface area contributed by atoms with Crippen LogP contribution in [0.4, 0.5) is 0 Å². The quantitative estimate of drug-likeness (QED) is 0.275. The highest BCUT2D eigenvalue weighted by Gasteiger charge is 2.05. The minimum atomic E-state index is -0.678. The summed E-state index contributed by atoms with van der Waals surface area (Å²) in [7, 11) is 1.63. The van der Waals surface area contributed by atoms with Crippen LogP contribution in [-0.4, -0.2) is 40.8 Å². The maximum Gasteiger partial charge on any atom is 0.303 e. The monoisotopic (exact) mass is 357 g/mol. The van der Waals surface area contributed by atoms with Crippen molar-refractivity contribution in [2.24, 2.45) is 0 Å². The third-order valence-corrected chi connectivity index (χ3v) is 4.67. The summed E-state index contributed by atoms with van der Waals surface area (Å²) in [5.41, 5.74) is 0. The minimum absolute atomic E-state index is 0.0318. The Labute approximate surface area is 153 Å². The smallest absolute Gasteiger partial charge is 0.303 e. The molecule has 0 radical (unpaired) electrons. The van der Waals surface area contributed by atoms with Gasteiger partial charge in [-0.1, -0.05) is 77.0 Å². The molecule has 0 spiro atoms. The van der Waals surface area contributed by atoms with E-state index in [2.05, 4.69) is 0 Å². The fraction of sp³-hybridized carbons (Fsp3) is 0.900. The summed E-state index contributed by atoms with van der Waals surface area (Å²) in [6.45, 7) is -0.191. The van der Waals surface area contributed by atoms with Crippen molar-refractivity contribution in [2.45, 2.75) is 103 Å². The van der Waals surface area contributed by atoms with Gasteiger partial charge in [-0.25, -0.2) is 0 Å². The Kier molecular flexibility index (Phi) is 16.9. The first-order chi connectivity index (χ1) is 12.1. The van der Waals surface area contributed by atoms with Crippen LogP contribution in [0.25, 0.3) is 0 Å². The molecule has 148 valence electrons. The molecule has 0 heterocycles. The molecule has 0 aliphatic carbocycles. The van der Waals surface area contributed by atoms with E-state index >= 15 is 0 Å². The lowest BCUT2D eigenvalue weighted by atomic mass is 10.0. The van der Waals surface area contributed by atoms with Crippen LogP contribution in [0.5, 0.6) is 0 Å². The predicted octanol–water partition coefficient (Wildman–Crippen LogP) is 4.72. The van der Waals surface area contributed by atoms with Crippen LogP contribution in [0.3, 0.4) is 0 Å². The zero-order valence-corrected chi connectivity index (χ0v) is 16.2. The van der Waals surface area contributed by atoms with Crippen LogP contribution in [-0.2, 0) is 9.59 Å². The maximum absolute atomic E-state index is 11.5. The molecule has 0 bridgehead atoms. The molecule has 25 heavy (non-hydrogen) atoms. The molecule has 5 nitrogen and oxygen atoms in total. The largest absolute Gasteiger partial charge is 0.481 e. The fourth-order valence-electron chi connectivity index (χ4n) is 2.94. The molecule has 5 heteroatoms. The molecule has 0 unspecified atom stereocenters. The normalized spacial score (nSPS) is 10.8. The molecule has 0 atom stereocenters. The van der Waals surface area contributed by atoms with Gasteiger partial charge in [0.05, 0.1) is 0 Å². The SMILES string of the molecule is CN(CO)C(=O)CCCCCCCCCCCCCCCCC(=O)O. The number of carbonyl (C=O) groups excluding carboxylic acids is 1. The van der Waals surface area contributed by atoms with Gasteiger partial charge in [0.2, 0.25) is 5.91 Å².